The molecule has 0 aliphatic carbocycles. The Kier molecular flexibility index (Phi) is 43.6. The van der Waals surface area contributed by atoms with Gasteiger partial charge in [-0.1, -0.05) is 232 Å². The van der Waals surface area contributed by atoms with Crippen LogP contribution in [-0.4, -0.2) is 47.4 Å². The molecule has 54 heavy (non-hydrogen) atoms. The third-order valence-electron chi connectivity index (χ3n) is 11.4. The highest BCUT2D eigenvalue weighted by Crippen LogP contribution is 2.16. The van der Waals surface area contributed by atoms with E-state index in [9.17, 15) is 19.8 Å². The van der Waals surface area contributed by atoms with E-state index in [0.29, 0.717) is 25.9 Å². The van der Waals surface area contributed by atoms with Crippen LogP contribution >= 0.6 is 0 Å². The van der Waals surface area contributed by atoms with Gasteiger partial charge in [-0.3, -0.25) is 9.59 Å². The summed E-state index contributed by atoms with van der Waals surface area (Å²) in [6.45, 7) is 4.90. The second-order valence-corrected chi connectivity index (χ2v) is 16.8. The highest BCUT2D eigenvalue weighted by molar-refractivity contribution is 5.76. The van der Waals surface area contributed by atoms with Gasteiger partial charge in [-0.05, 0) is 25.7 Å². The molecule has 2 unspecified atom stereocenters. The van der Waals surface area contributed by atoms with Crippen LogP contribution in [0.2, 0.25) is 0 Å². The van der Waals surface area contributed by atoms with Gasteiger partial charge in [0.05, 0.1) is 25.4 Å². The van der Waals surface area contributed by atoms with Crippen LogP contribution in [0.3, 0.4) is 0 Å². The second kappa shape index (κ2) is 44.6. The van der Waals surface area contributed by atoms with Crippen molar-refractivity contribution in [2.24, 2.45) is 0 Å². The van der Waals surface area contributed by atoms with Crippen LogP contribution in [0.4, 0.5) is 0 Å². The van der Waals surface area contributed by atoms with Crippen molar-refractivity contribution in [3.05, 3.63) is 0 Å². The molecule has 0 aromatic carbocycles. The average Bonchev–Trinajstić information content (AvgIpc) is 3.17. The van der Waals surface area contributed by atoms with E-state index < -0.39 is 12.1 Å². The Hall–Kier alpha value is -1.14. The number of esters is 1. The molecule has 0 spiro atoms. The number of ether oxygens (including phenoxy) is 1. The molecule has 0 aromatic rings. The molecule has 322 valence electrons. The molecule has 3 N–H and O–H groups in total. The lowest BCUT2D eigenvalue weighted by atomic mass is 10.0. The van der Waals surface area contributed by atoms with Crippen LogP contribution in [0.25, 0.3) is 0 Å². The van der Waals surface area contributed by atoms with Gasteiger partial charge >= 0.3 is 5.97 Å². The first kappa shape index (κ1) is 52.9. The molecule has 0 fully saturated rings. The molecular formula is C48H95NO5. The van der Waals surface area contributed by atoms with E-state index in [1.54, 1.807) is 0 Å². The molecule has 6 nitrogen and oxygen atoms in total. The highest BCUT2D eigenvalue weighted by atomic mass is 16.5. The first-order valence-electron chi connectivity index (χ1n) is 24.3. The summed E-state index contributed by atoms with van der Waals surface area (Å²) in [7, 11) is 0. The Morgan fingerprint density at radius 3 is 1.13 bits per heavy atom. The summed E-state index contributed by atoms with van der Waals surface area (Å²) in [6, 6.07) is -0.554. The molecule has 0 radical (unpaired) electrons. The van der Waals surface area contributed by atoms with Gasteiger partial charge < -0.3 is 20.3 Å². The standard InChI is InChI=1S/C48H95NO5/c1-3-5-7-9-11-13-15-16-17-18-19-20-21-26-30-34-38-42-48(53)54-43-39-35-31-27-23-22-25-29-33-37-41-47(52)49-45(44-50)46(51)40-36-32-28-24-14-12-10-8-6-4-2/h45-46,50-51H,3-44H2,1-2H3,(H,49,52). The van der Waals surface area contributed by atoms with Gasteiger partial charge in [0.1, 0.15) is 0 Å². The van der Waals surface area contributed by atoms with Gasteiger partial charge in [-0.2, -0.15) is 0 Å². The molecule has 1 amide bonds. The molecule has 0 rings (SSSR count). The lowest BCUT2D eigenvalue weighted by Gasteiger charge is -2.22. The summed E-state index contributed by atoms with van der Waals surface area (Å²) in [6.07, 6.45) is 47.8. The van der Waals surface area contributed by atoms with Crippen LogP contribution in [0, 0.1) is 0 Å². The molecule has 2 atom stereocenters. The minimum Gasteiger partial charge on any atom is -0.466 e. The lowest BCUT2D eigenvalue weighted by molar-refractivity contribution is -0.143. The molecule has 0 saturated carbocycles. The van der Waals surface area contributed by atoms with Crippen LogP contribution in [-0.2, 0) is 14.3 Å². The number of hydrogen-bond acceptors (Lipinski definition) is 5. The number of carbonyl (C=O) groups excluding carboxylic acids is 2. The van der Waals surface area contributed by atoms with Crippen LogP contribution < -0.4 is 5.32 Å². The van der Waals surface area contributed by atoms with Crippen molar-refractivity contribution in [3.8, 4) is 0 Å². The molecule has 0 aliphatic rings. The Morgan fingerprint density at radius 1 is 0.444 bits per heavy atom. The van der Waals surface area contributed by atoms with E-state index >= 15 is 0 Å². The first-order chi connectivity index (χ1) is 26.5. The molecular weight excluding hydrogens is 671 g/mol. The van der Waals surface area contributed by atoms with E-state index in [1.807, 2.05) is 0 Å². The fraction of sp³-hybridized carbons (Fsp3) is 0.958. The zero-order chi connectivity index (χ0) is 39.4. The quantitative estimate of drug-likeness (QED) is 0.0424. The lowest BCUT2D eigenvalue weighted by Crippen LogP contribution is -2.45. The Balaban J connectivity index is 3.42. The predicted octanol–water partition coefficient (Wildman–Crippen LogP) is 14.0. The number of aliphatic hydroxyl groups excluding tert-OH is 2. The van der Waals surface area contributed by atoms with E-state index in [0.717, 1.165) is 57.8 Å². The Labute approximate surface area is 336 Å². The van der Waals surface area contributed by atoms with Crippen molar-refractivity contribution in [2.45, 2.75) is 283 Å². The van der Waals surface area contributed by atoms with Gasteiger partial charge in [0, 0.05) is 12.8 Å². The number of nitrogens with one attached hydrogen (secondary N) is 1. The van der Waals surface area contributed by atoms with Crippen molar-refractivity contribution < 1.29 is 24.5 Å². The number of aliphatic hydroxyl groups is 2. The fourth-order valence-electron chi connectivity index (χ4n) is 7.64. The van der Waals surface area contributed by atoms with Crippen molar-refractivity contribution in [1.82, 2.24) is 5.32 Å². The smallest absolute Gasteiger partial charge is 0.305 e. The van der Waals surface area contributed by atoms with Crippen LogP contribution in [0.5, 0.6) is 0 Å². The topological polar surface area (TPSA) is 95.9 Å². The Morgan fingerprint density at radius 2 is 0.759 bits per heavy atom. The average molecular weight is 766 g/mol. The number of hydrogen-bond donors (Lipinski definition) is 3. The zero-order valence-corrected chi connectivity index (χ0v) is 36.5. The van der Waals surface area contributed by atoms with E-state index in [-0.39, 0.29) is 18.5 Å². The van der Waals surface area contributed by atoms with Crippen LogP contribution in [0.15, 0.2) is 0 Å². The van der Waals surface area contributed by atoms with Crippen molar-refractivity contribution >= 4 is 11.9 Å². The predicted molar refractivity (Wildman–Crippen MR) is 232 cm³/mol. The first-order valence-corrected chi connectivity index (χ1v) is 24.3. The van der Waals surface area contributed by atoms with E-state index in [1.165, 1.54) is 180 Å². The van der Waals surface area contributed by atoms with Crippen LogP contribution in [0.1, 0.15) is 271 Å². The largest absolute Gasteiger partial charge is 0.466 e. The third-order valence-corrected chi connectivity index (χ3v) is 11.4. The maximum Gasteiger partial charge on any atom is 0.305 e. The van der Waals surface area contributed by atoms with Gasteiger partial charge in [0.2, 0.25) is 5.91 Å². The molecule has 0 aromatic heterocycles. The van der Waals surface area contributed by atoms with Gasteiger partial charge in [-0.15, -0.1) is 0 Å². The summed E-state index contributed by atoms with van der Waals surface area (Å²) in [4.78, 5) is 24.4. The molecule has 0 heterocycles. The summed E-state index contributed by atoms with van der Waals surface area (Å²) in [5.41, 5.74) is 0. The Bertz CT molecular complexity index is 761. The highest BCUT2D eigenvalue weighted by Gasteiger charge is 2.20. The summed E-state index contributed by atoms with van der Waals surface area (Å²) in [5.74, 6) is -0.0731. The number of rotatable bonds is 45. The molecule has 6 heteroatoms. The summed E-state index contributed by atoms with van der Waals surface area (Å²) < 4.78 is 5.46. The molecule has 0 bridgehead atoms. The monoisotopic (exact) mass is 766 g/mol. The zero-order valence-electron chi connectivity index (χ0n) is 36.5. The maximum atomic E-state index is 12.4. The minimum atomic E-state index is -0.675. The fourth-order valence-corrected chi connectivity index (χ4v) is 7.64. The SMILES string of the molecule is CCCCCCCCCCCCCCCCCCCC(=O)OCCCCCCCCCCCCC(=O)NC(CO)C(O)CCCCCCCCCCCC. The van der Waals surface area contributed by atoms with E-state index in [2.05, 4.69) is 19.2 Å². The van der Waals surface area contributed by atoms with Gasteiger partial charge in [0.15, 0.2) is 0 Å². The van der Waals surface area contributed by atoms with Gasteiger partial charge in [-0.25, -0.2) is 0 Å². The van der Waals surface area contributed by atoms with Crippen molar-refractivity contribution in [1.29, 1.82) is 0 Å². The molecule has 0 aliphatic heterocycles. The third kappa shape index (κ3) is 40.5. The number of carbonyl (C=O) groups is 2. The summed E-state index contributed by atoms with van der Waals surface area (Å²) in [5, 5.41) is 23.1. The van der Waals surface area contributed by atoms with Crippen molar-refractivity contribution in [3.63, 3.8) is 0 Å². The van der Waals surface area contributed by atoms with Gasteiger partial charge in [0.25, 0.3) is 0 Å². The van der Waals surface area contributed by atoms with E-state index in [4.69, 9.17) is 4.74 Å². The maximum absolute atomic E-state index is 12.4. The minimum absolute atomic E-state index is 0.0150. The number of unbranched alkanes of at least 4 members (excludes halogenated alkanes) is 34. The normalized spacial score (nSPS) is 12.6. The second-order valence-electron chi connectivity index (χ2n) is 16.8. The molecule has 0 saturated heterocycles. The van der Waals surface area contributed by atoms with Crippen molar-refractivity contribution in [2.75, 3.05) is 13.2 Å². The number of amides is 1. The summed E-state index contributed by atoms with van der Waals surface area (Å²) >= 11 is 0.